The lowest BCUT2D eigenvalue weighted by Gasteiger charge is -2.21. The molecule has 1 saturated heterocycles. The third-order valence-corrected chi connectivity index (χ3v) is 5.28. The van der Waals surface area contributed by atoms with Crippen molar-refractivity contribution in [3.8, 4) is 5.75 Å². The summed E-state index contributed by atoms with van der Waals surface area (Å²) < 4.78 is 26.2. The van der Waals surface area contributed by atoms with Gasteiger partial charge in [-0.2, -0.15) is 4.31 Å². The zero-order valence-electron chi connectivity index (χ0n) is 10.0. The minimum absolute atomic E-state index is 0.0640. The number of hydrogen-bond donors (Lipinski definition) is 1. The molecule has 1 aromatic carbocycles. The van der Waals surface area contributed by atoms with E-state index in [0.29, 0.717) is 12.1 Å². The lowest BCUT2D eigenvalue weighted by Crippen LogP contribution is -2.33. The van der Waals surface area contributed by atoms with Gasteiger partial charge in [-0.3, -0.25) is 0 Å². The molecule has 1 N–H and O–H groups in total. The molecule has 0 bridgehead atoms. The zero-order valence-corrected chi connectivity index (χ0v) is 10.9. The second-order valence-electron chi connectivity index (χ2n) is 4.56. The van der Waals surface area contributed by atoms with E-state index in [0.717, 1.165) is 12.8 Å². The minimum Gasteiger partial charge on any atom is -0.508 e. The molecule has 0 aliphatic carbocycles. The molecule has 0 radical (unpaired) electrons. The SMILES string of the molecule is Cc1cc(S(=O)(=O)N2CCC[C@@H]2C)ccc1O. The number of phenols is 1. The Morgan fingerprint density at radius 3 is 2.65 bits per heavy atom. The van der Waals surface area contributed by atoms with Crippen LogP contribution < -0.4 is 0 Å². The number of phenolic OH excluding ortho intramolecular Hbond substituents is 1. The van der Waals surface area contributed by atoms with Crippen LogP contribution in [-0.4, -0.2) is 30.4 Å². The van der Waals surface area contributed by atoms with Gasteiger partial charge in [-0.25, -0.2) is 8.42 Å². The lowest BCUT2D eigenvalue weighted by atomic mass is 10.2. The van der Waals surface area contributed by atoms with Crippen molar-refractivity contribution in [1.82, 2.24) is 4.31 Å². The maximum absolute atomic E-state index is 12.4. The van der Waals surface area contributed by atoms with Crippen molar-refractivity contribution in [2.75, 3.05) is 6.54 Å². The molecule has 0 spiro atoms. The second kappa shape index (κ2) is 4.31. The molecule has 0 saturated carbocycles. The fraction of sp³-hybridized carbons (Fsp3) is 0.500. The van der Waals surface area contributed by atoms with Crippen LogP contribution in [0.15, 0.2) is 23.1 Å². The summed E-state index contributed by atoms with van der Waals surface area (Å²) in [5.41, 5.74) is 0.581. The van der Waals surface area contributed by atoms with Gasteiger partial charge in [0.15, 0.2) is 0 Å². The topological polar surface area (TPSA) is 57.6 Å². The standard InChI is InChI=1S/C12H17NO3S/c1-9-8-11(5-6-12(9)14)17(15,16)13-7-3-4-10(13)2/h5-6,8,10,14H,3-4,7H2,1-2H3/t10-/m0/s1. The van der Waals surface area contributed by atoms with Gasteiger partial charge in [-0.15, -0.1) is 0 Å². The smallest absolute Gasteiger partial charge is 0.243 e. The summed E-state index contributed by atoms with van der Waals surface area (Å²) in [4.78, 5) is 0.265. The molecule has 5 heteroatoms. The van der Waals surface area contributed by atoms with E-state index in [2.05, 4.69) is 0 Å². The molecule has 0 unspecified atom stereocenters. The molecule has 0 amide bonds. The highest BCUT2D eigenvalue weighted by Crippen LogP contribution is 2.28. The maximum Gasteiger partial charge on any atom is 0.243 e. The lowest BCUT2D eigenvalue weighted by molar-refractivity contribution is 0.408. The van der Waals surface area contributed by atoms with Crippen molar-refractivity contribution in [3.05, 3.63) is 23.8 Å². The number of nitrogens with zero attached hydrogens (tertiary/aromatic N) is 1. The molecule has 1 fully saturated rings. The van der Waals surface area contributed by atoms with Gasteiger partial charge in [0.25, 0.3) is 0 Å². The van der Waals surface area contributed by atoms with E-state index in [-0.39, 0.29) is 16.7 Å². The maximum atomic E-state index is 12.4. The fourth-order valence-electron chi connectivity index (χ4n) is 2.19. The van der Waals surface area contributed by atoms with Crippen LogP contribution >= 0.6 is 0 Å². The van der Waals surface area contributed by atoms with Crippen molar-refractivity contribution in [2.45, 2.75) is 37.6 Å². The summed E-state index contributed by atoms with van der Waals surface area (Å²) in [6.45, 7) is 4.21. The van der Waals surface area contributed by atoms with Crippen LogP contribution in [0, 0.1) is 6.92 Å². The summed E-state index contributed by atoms with van der Waals surface area (Å²) in [6.07, 6.45) is 1.83. The Balaban J connectivity index is 2.41. The predicted molar refractivity (Wildman–Crippen MR) is 65.4 cm³/mol. The molecule has 1 aliphatic rings. The normalized spacial score (nSPS) is 21.9. The summed E-state index contributed by atoms with van der Waals surface area (Å²) in [7, 11) is -3.40. The highest BCUT2D eigenvalue weighted by atomic mass is 32.2. The van der Waals surface area contributed by atoms with Crippen LogP contribution in [0.5, 0.6) is 5.75 Å². The van der Waals surface area contributed by atoms with Crippen molar-refractivity contribution in [1.29, 1.82) is 0 Å². The van der Waals surface area contributed by atoms with Gasteiger partial charge < -0.3 is 5.11 Å². The molecule has 1 aliphatic heterocycles. The van der Waals surface area contributed by atoms with Crippen LogP contribution in [0.1, 0.15) is 25.3 Å². The molecule has 94 valence electrons. The minimum atomic E-state index is -3.40. The summed E-state index contributed by atoms with van der Waals surface area (Å²) >= 11 is 0. The largest absolute Gasteiger partial charge is 0.508 e. The highest BCUT2D eigenvalue weighted by Gasteiger charge is 2.32. The van der Waals surface area contributed by atoms with E-state index in [1.54, 1.807) is 11.2 Å². The average molecular weight is 255 g/mol. The number of rotatable bonds is 2. The van der Waals surface area contributed by atoms with Gasteiger partial charge in [0.1, 0.15) is 5.75 Å². The van der Waals surface area contributed by atoms with Gasteiger partial charge in [0.2, 0.25) is 10.0 Å². The molecular formula is C12H17NO3S. The zero-order chi connectivity index (χ0) is 12.6. The number of aromatic hydroxyl groups is 1. The Morgan fingerprint density at radius 1 is 1.41 bits per heavy atom. The van der Waals surface area contributed by atoms with E-state index in [1.165, 1.54) is 18.2 Å². The molecule has 2 rings (SSSR count). The number of hydrogen-bond acceptors (Lipinski definition) is 3. The molecule has 1 heterocycles. The predicted octanol–water partition coefficient (Wildman–Crippen LogP) is 1.87. The first-order valence-corrected chi connectivity index (χ1v) is 7.18. The van der Waals surface area contributed by atoms with Crippen molar-refractivity contribution in [2.24, 2.45) is 0 Å². The van der Waals surface area contributed by atoms with Crippen molar-refractivity contribution < 1.29 is 13.5 Å². The van der Waals surface area contributed by atoms with E-state index in [4.69, 9.17) is 0 Å². The Kier molecular flexibility index (Phi) is 3.14. The molecule has 0 aromatic heterocycles. The molecular weight excluding hydrogens is 238 g/mol. The van der Waals surface area contributed by atoms with E-state index in [9.17, 15) is 13.5 Å². The van der Waals surface area contributed by atoms with Crippen LogP contribution in [0.3, 0.4) is 0 Å². The van der Waals surface area contributed by atoms with Gasteiger partial charge in [-0.05, 0) is 50.5 Å². The Hall–Kier alpha value is -1.07. The molecule has 1 atom stereocenters. The van der Waals surface area contributed by atoms with E-state index < -0.39 is 10.0 Å². The Morgan fingerprint density at radius 2 is 2.12 bits per heavy atom. The fourth-order valence-corrected chi connectivity index (χ4v) is 3.97. The number of benzene rings is 1. The number of sulfonamides is 1. The first-order valence-electron chi connectivity index (χ1n) is 5.74. The van der Waals surface area contributed by atoms with Crippen LogP contribution in [0.4, 0.5) is 0 Å². The number of aryl methyl sites for hydroxylation is 1. The Bertz CT molecular complexity index is 525. The Labute approximate surface area is 102 Å². The highest BCUT2D eigenvalue weighted by molar-refractivity contribution is 7.89. The van der Waals surface area contributed by atoms with Gasteiger partial charge >= 0.3 is 0 Å². The third kappa shape index (κ3) is 2.17. The first kappa shape index (κ1) is 12.4. The third-order valence-electron chi connectivity index (χ3n) is 3.27. The van der Waals surface area contributed by atoms with Gasteiger partial charge in [0, 0.05) is 12.6 Å². The average Bonchev–Trinajstić information content (AvgIpc) is 2.69. The van der Waals surface area contributed by atoms with Crippen LogP contribution in [0.25, 0.3) is 0 Å². The van der Waals surface area contributed by atoms with Gasteiger partial charge in [0.05, 0.1) is 4.90 Å². The van der Waals surface area contributed by atoms with Crippen molar-refractivity contribution in [3.63, 3.8) is 0 Å². The van der Waals surface area contributed by atoms with Gasteiger partial charge in [-0.1, -0.05) is 0 Å². The monoisotopic (exact) mass is 255 g/mol. The van der Waals surface area contributed by atoms with Crippen molar-refractivity contribution >= 4 is 10.0 Å². The van der Waals surface area contributed by atoms with Crippen LogP contribution in [-0.2, 0) is 10.0 Å². The van der Waals surface area contributed by atoms with Crippen LogP contribution in [0.2, 0.25) is 0 Å². The van der Waals surface area contributed by atoms with E-state index >= 15 is 0 Å². The molecule has 17 heavy (non-hydrogen) atoms. The molecule has 4 nitrogen and oxygen atoms in total. The summed E-state index contributed by atoms with van der Waals surface area (Å²) in [5.74, 6) is 0.124. The quantitative estimate of drug-likeness (QED) is 0.877. The first-order chi connectivity index (χ1) is 7.93. The summed E-state index contributed by atoms with van der Waals surface area (Å²) in [5, 5.41) is 9.42. The summed E-state index contributed by atoms with van der Waals surface area (Å²) in [6, 6.07) is 4.48. The second-order valence-corrected chi connectivity index (χ2v) is 6.45. The molecule has 1 aromatic rings. The van der Waals surface area contributed by atoms with E-state index in [1.807, 2.05) is 6.92 Å².